The largest absolute Gasteiger partial charge is 0.340 e. The van der Waals surface area contributed by atoms with Gasteiger partial charge in [-0.1, -0.05) is 27.2 Å². The summed E-state index contributed by atoms with van der Waals surface area (Å²) in [6.07, 6.45) is 3.61. The van der Waals surface area contributed by atoms with E-state index >= 15 is 0 Å². The van der Waals surface area contributed by atoms with Gasteiger partial charge in [-0.3, -0.25) is 5.43 Å². The molecule has 1 aliphatic heterocycles. The monoisotopic (exact) mass is 183 g/mol. The summed E-state index contributed by atoms with van der Waals surface area (Å²) in [4.78, 5) is 2.35. The van der Waals surface area contributed by atoms with Crippen molar-refractivity contribution in [3.8, 4) is 0 Å². The third-order valence-electron chi connectivity index (χ3n) is 2.21. The maximum Gasteiger partial charge on any atom is 0.126 e. The Kier molecular flexibility index (Phi) is 4.06. The molecule has 1 rings (SSSR count). The maximum absolute atomic E-state index is 4.30. The fourth-order valence-corrected chi connectivity index (χ4v) is 1.47. The van der Waals surface area contributed by atoms with E-state index in [1.165, 1.54) is 18.7 Å². The zero-order valence-corrected chi connectivity index (χ0v) is 9.01. The van der Waals surface area contributed by atoms with Crippen LogP contribution in [0.25, 0.3) is 0 Å². The van der Waals surface area contributed by atoms with Gasteiger partial charge in [-0.15, -0.1) is 0 Å². The average Bonchev–Trinajstić information content (AvgIpc) is 2.48. The van der Waals surface area contributed by atoms with Gasteiger partial charge >= 0.3 is 0 Å². The van der Waals surface area contributed by atoms with E-state index in [0.29, 0.717) is 5.92 Å². The second-order valence-electron chi connectivity index (χ2n) is 4.06. The Balaban J connectivity index is 2.34. The van der Waals surface area contributed by atoms with Crippen LogP contribution in [0.4, 0.5) is 0 Å². The molecule has 0 spiro atoms. The highest BCUT2D eigenvalue weighted by Crippen LogP contribution is 2.09. The molecule has 3 heteroatoms. The van der Waals surface area contributed by atoms with E-state index in [4.69, 9.17) is 0 Å². The summed E-state index contributed by atoms with van der Waals surface area (Å²) < 4.78 is 0. The van der Waals surface area contributed by atoms with Crippen LogP contribution in [-0.2, 0) is 0 Å². The minimum Gasteiger partial charge on any atom is -0.340 e. The first kappa shape index (κ1) is 10.4. The molecule has 76 valence electrons. The van der Waals surface area contributed by atoms with Crippen LogP contribution in [-0.4, -0.2) is 23.9 Å². The van der Waals surface area contributed by atoms with Crippen molar-refractivity contribution in [1.29, 1.82) is 0 Å². The normalized spacial score (nSPS) is 16.3. The lowest BCUT2D eigenvalue weighted by Gasteiger charge is -2.19. The molecule has 0 saturated heterocycles. The van der Waals surface area contributed by atoms with Crippen molar-refractivity contribution in [1.82, 2.24) is 10.3 Å². The van der Waals surface area contributed by atoms with Crippen LogP contribution < -0.4 is 5.43 Å². The summed E-state index contributed by atoms with van der Waals surface area (Å²) in [5.41, 5.74) is 3.05. The van der Waals surface area contributed by atoms with Crippen molar-refractivity contribution in [3.05, 3.63) is 0 Å². The minimum absolute atomic E-state index is 0.697. The first-order valence-corrected chi connectivity index (χ1v) is 5.28. The number of amidine groups is 1. The first-order chi connectivity index (χ1) is 6.24. The van der Waals surface area contributed by atoms with E-state index < -0.39 is 0 Å². The molecular formula is C10H21N3. The Morgan fingerprint density at radius 3 is 2.92 bits per heavy atom. The van der Waals surface area contributed by atoms with E-state index in [-0.39, 0.29) is 0 Å². The van der Waals surface area contributed by atoms with Crippen LogP contribution >= 0.6 is 0 Å². The lowest BCUT2D eigenvalue weighted by atomic mass is 10.1. The number of hydrazone groups is 1. The number of hydrogen-bond acceptors (Lipinski definition) is 3. The fourth-order valence-electron chi connectivity index (χ4n) is 1.47. The van der Waals surface area contributed by atoms with Gasteiger partial charge in [0.25, 0.3) is 0 Å². The van der Waals surface area contributed by atoms with Crippen LogP contribution in [0.3, 0.4) is 0 Å². The van der Waals surface area contributed by atoms with Crippen molar-refractivity contribution in [3.63, 3.8) is 0 Å². The first-order valence-electron chi connectivity index (χ1n) is 5.28. The number of nitrogens with one attached hydrogen (secondary N) is 1. The van der Waals surface area contributed by atoms with Crippen molar-refractivity contribution in [2.24, 2.45) is 11.0 Å². The lowest BCUT2D eigenvalue weighted by molar-refractivity contribution is 0.403. The molecule has 0 saturated carbocycles. The molecule has 3 nitrogen and oxygen atoms in total. The molecule has 0 radical (unpaired) electrons. The highest BCUT2D eigenvalue weighted by Gasteiger charge is 2.16. The van der Waals surface area contributed by atoms with Gasteiger partial charge < -0.3 is 4.90 Å². The summed E-state index contributed by atoms with van der Waals surface area (Å²) >= 11 is 0. The minimum atomic E-state index is 0.697. The van der Waals surface area contributed by atoms with Gasteiger partial charge in [-0.25, -0.2) is 0 Å². The highest BCUT2D eigenvalue weighted by atomic mass is 15.5. The van der Waals surface area contributed by atoms with Crippen LogP contribution in [0.2, 0.25) is 0 Å². The SMILES string of the molecule is CCCCN1CNN=C1CC(C)C. The molecule has 0 atom stereocenters. The zero-order valence-electron chi connectivity index (χ0n) is 9.01. The van der Waals surface area contributed by atoms with E-state index in [9.17, 15) is 0 Å². The molecule has 0 aliphatic carbocycles. The van der Waals surface area contributed by atoms with E-state index in [0.717, 1.165) is 19.6 Å². The summed E-state index contributed by atoms with van der Waals surface area (Å²) in [5, 5.41) is 4.30. The predicted molar refractivity (Wildman–Crippen MR) is 56.5 cm³/mol. The number of rotatable bonds is 5. The van der Waals surface area contributed by atoms with Gasteiger partial charge in [0.15, 0.2) is 0 Å². The molecule has 13 heavy (non-hydrogen) atoms. The van der Waals surface area contributed by atoms with Crippen molar-refractivity contribution < 1.29 is 0 Å². The summed E-state index contributed by atoms with van der Waals surface area (Å²) in [6, 6.07) is 0. The zero-order chi connectivity index (χ0) is 9.68. The molecular weight excluding hydrogens is 162 g/mol. The summed E-state index contributed by atoms with van der Waals surface area (Å²) in [7, 11) is 0. The van der Waals surface area contributed by atoms with Crippen LogP contribution in [0, 0.1) is 5.92 Å². The number of nitrogens with zero attached hydrogens (tertiary/aromatic N) is 2. The van der Waals surface area contributed by atoms with E-state index in [1.54, 1.807) is 0 Å². The summed E-state index contributed by atoms with van der Waals surface area (Å²) in [5.74, 6) is 1.94. The van der Waals surface area contributed by atoms with Crippen LogP contribution in [0.5, 0.6) is 0 Å². The van der Waals surface area contributed by atoms with Crippen molar-refractivity contribution >= 4 is 5.84 Å². The Hall–Kier alpha value is -0.730. The van der Waals surface area contributed by atoms with Gasteiger partial charge in [0.05, 0.1) is 0 Å². The molecule has 0 aromatic rings. The number of hydrogen-bond donors (Lipinski definition) is 1. The second kappa shape index (κ2) is 5.10. The van der Waals surface area contributed by atoms with E-state index in [2.05, 4.69) is 36.2 Å². The molecule has 0 amide bonds. The van der Waals surface area contributed by atoms with Crippen LogP contribution in [0.1, 0.15) is 40.0 Å². The lowest BCUT2D eigenvalue weighted by Crippen LogP contribution is -2.31. The Morgan fingerprint density at radius 1 is 1.54 bits per heavy atom. The standard InChI is InChI=1S/C10H21N3/c1-4-5-6-13-8-11-12-10(13)7-9(2)3/h9,11H,4-8H2,1-3H3. The molecule has 1 heterocycles. The van der Waals surface area contributed by atoms with Crippen molar-refractivity contribution in [2.45, 2.75) is 40.0 Å². The third-order valence-corrected chi connectivity index (χ3v) is 2.21. The van der Waals surface area contributed by atoms with Gasteiger partial charge in [-0.05, 0) is 12.3 Å². The van der Waals surface area contributed by atoms with Crippen molar-refractivity contribution in [2.75, 3.05) is 13.2 Å². The quantitative estimate of drug-likeness (QED) is 0.706. The molecule has 0 aromatic carbocycles. The summed E-state index contributed by atoms with van der Waals surface area (Å²) in [6.45, 7) is 8.75. The third kappa shape index (κ3) is 3.25. The average molecular weight is 183 g/mol. The van der Waals surface area contributed by atoms with Crippen LogP contribution in [0.15, 0.2) is 5.10 Å². The fraction of sp³-hybridized carbons (Fsp3) is 0.900. The molecule has 1 N–H and O–H groups in total. The Labute approximate surface area is 81.2 Å². The number of unbranched alkanes of at least 4 members (excludes halogenated alkanes) is 1. The molecule has 0 fully saturated rings. The van der Waals surface area contributed by atoms with Gasteiger partial charge in [0.1, 0.15) is 12.5 Å². The Morgan fingerprint density at radius 2 is 2.31 bits per heavy atom. The van der Waals surface area contributed by atoms with Gasteiger partial charge in [0.2, 0.25) is 0 Å². The highest BCUT2D eigenvalue weighted by molar-refractivity contribution is 5.83. The molecule has 0 aromatic heterocycles. The second-order valence-corrected chi connectivity index (χ2v) is 4.06. The molecule has 0 bridgehead atoms. The molecule has 0 unspecified atom stereocenters. The smallest absolute Gasteiger partial charge is 0.126 e. The van der Waals surface area contributed by atoms with Gasteiger partial charge in [-0.2, -0.15) is 5.10 Å². The van der Waals surface area contributed by atoms with E-state index in [1.807, 2.05) is 0 Å². The topological polar surface area (TPSA) is 27.6 Å². The Bertz CT molecular complexity index is 175. The predicted octanol–water partition coefficient (Wildman–Crippen LogP) is 2.01. The van der Waals surface area contributed by atoms with Gasteiger partial charge in [0, 0.05) is 13.0 Å². The maximum atomic E-state index is 4.30. The molecule has 1 aliphatic rings.